The predicted molar refractivity (Wildman–Crippen MR) is 97.0 cm³/mol. The van der Waals surface area contributed by atoms with Crippen molar-refractivity contribution in [2.45, 2.75) is 0 Å². The zero-order chi connectivity index (χ0) is 16.9. The summed E-state index contributed by atoms with van der Waals surface area (Å²) in [5.74, 6) is 0. The van der Waals surface area contributed by atoms with Crippen molar-refractivity contribution in [2.75, 3.05) is 0 Å². The lowest BCUT2D eigenvalue weighted by molar-refractivity contribution is -0.385. The van der Waals surface area contributed by atoms with Crippen molar-refractivity contribution in [3.63, 3.8) is 0 Å². The van der Waals surface area contributed by atoms with Crippen molar-refractivity contribution >= 4 is 39.5 Å². The number of rotatable bonds is 4. The van der Waals surface area contributed by atoms with Gasteiger partial charge in [0.1, 0.15) is 0 Å². The SMILES string of the molecule is Cn1/c(=N/N=C/C=C/c2ccccc2[N+](=O)[O-])sc2ccccc21. The molecule has 0 saturated heterocycles. The molecule has 1 heterocycles. The van der Waals surface area contributed by atoms with Crippen LogP contribution in [0.2, 0.25) is 0 Å². The van der Waals surface area contributed by atoms with Crippen molar-refractivity contribution in [3.05, 3.63) is 75.1 Å². The van der Waals surface area contributed by atoms with Gasteiger partial charge in [-0.05, 0) is 30.4 Å². The molecule has 120 valence electrons. The van der Waals surface area contributed by atoms with Gasteiger partial charge >= 0.3 is 0 Å². The van der Waals surface area contributed by atoms with Crippen LogP contribution in [0.15, 0.2) is 64.8 Å². The molecule has 24 heavy (non-hydrogen) atoms. The van der Waals surface area contributed by atoms with E-state index >= 15 is 0 Å². The van der Waals surface area contributed by atoms with Gasteiger partial charge in [0.25, 0.3) is 5.69 Å². The van der Waals surface area contributed by atoms with E-state index in [9.17, 15) is 10.1 Å². The molecule has 0 fully saturated rings. The van der Waals surface area contributed by atoms with Gasteiger partial charge in [-0.15, -0.1) is 5.10 Å². The fourth-order valence-corrected chi connectivity index (χ4v) is 3.22. The maximum atomic E-state index is 10.9. The Morgan fingerprint density at radius 2 is 1.92 bits per heavy atom. The van der Waals surface area contributed by atoms with E-state index in [2.05, 4.69) is 10.2 Å². The third-order valence-corrected chi connectivity index (χ3v) is 4.52. The molecule has 0 saturated carbocycles. The van der Waals surface area contributed by atoms with Crippen LogP contribution < -0.4 is 4.80 Å². The Bertz CT molecular complexity index is 1010. The lowest BCUT2D eigenvalue weighted by atomic mass is 10.2. The highest BCUT2D eigenvalue weighted by Crippen LogP contribution is 2.18. The number of benzene rings is 2. The number of aromatic nitrogens is 1. The molecule has 0 atom stereocenters. The molecule has 0 spiro atoms. The number of hydrogen-bond acceptors (Lipinski definition) is 5. The lowest BCUT2D eigenvalue weighted by Gasteiger charge is -1.94. The second kappa shape index (κ2) is 7.01. The molecule has 7 heteroatoms. The van der Waals surface area contributed by atoms with Gasteiger partial charge in [0.15, 0.2) is 0 Å². The van der Waals surface area contributed by atoms with E-state index in [0.29, 0.717) is 5.56 Å². The average Bonchev–Trinajstić information content (AvgIpc) is 2.91. The number of fused-ring (bicyclic) bond motifs is 1. The summed E-state index contributed by atoms with van der Waals surface area (Å²) in [7, 11) is 1.94. The van der Waals surface area contributed by atoms with Gasteiger partial charge < -0.3 is 4.57 Å². The molecule has 0 N–H and O–H groups in total. The normalized spacial score (nSPS) is 12.6. The molecule has 0 radical (unpaired) electrons. The van der Waals surface area contributed by atoms with Crippen LogP contribution in [-0.4, -0.2) is 15.7 Å². The molecule has 1 aromatic heterocycles. The zero-order valence-corrected chi connectivity index (χ0v) is 13.7. The van der Waals surface area contributed by atoms with Gasteiger partial charge in [-0.1, -0.05) is 35.6 Å². The summed E-state index contributed by atoms with van der Waals surface area (Å²) >= 11 is 1.55. The third-order valence-electron chi connectivity index (χ3n) is 3.42. The van der Waals surface area contributed by atoms with Gasteiger partial charge in [-0.2, -0.15) is 5.10 Å². The predicted octanol–water partition coefficient (Wildman–Crippen LogP) is 3.75. The first-order chi connectivity index (χ1) is 11.7. The van der Waals surface area contributed by atoms with Crippen molar-refractivity contribution in [2.24, 2.45) is 17.3 Å². The molecular weight excluding hydrogens is 324 g/mol. The molecular formula is C17H14N4O2S. The number of nitro benzene ring substituents is 1. The Morgan fingerprint density at radius 1 is 1.17 bits per heavy atom. The molecule has 3 rings (SSSR count). The summed E-state index contributed by atoms with van der Waals surface area (Å²) in [4.78, 5) is 11.3. The number of para-hydroxylation sites is 2. The second-order valence-electron chi connectivity index (χ2n) is 4.95. The molecule has 0 aliphatic carbocycles. The summed E-state index contributed by atoms with van der Waals surface area (Å²) in [5, 5.41) is 19.2. The van der Waals surface area contributed by atoms with E-state index in [1.165, 1.54) is 12.3 Å². The lowest BCUT2D eigenvalue weighted by Crippen LogP contribution is -2.08. The minimum Gasteiger partial charge on any atom is -0.318 e. The van der Waals surface area contributed by atoms with Crippen molar-refractivity contribution in [3.8, 4) is 0 Å². The fourth-order valence-electron chi connectivity index (χ4n) is 2.24. The summed E-state index contributed by atoms with van der Waals surface area (Å²) in [6.07, 6.45) is 4.79. The Balaban J connectivity index is 1.82. The maximum Gasteiger partial charge on any atom is 0.276 e. The van der Waals surface area contributed by atoms with Crippen molar-refractivity contribution < 1.29 is 4.92 Å². The van der Waals surface area contributed by atoms with Crippen LogP contribution >= 0.6 is 11.3 Å². The maximum absolute atomic E-state index is 10.9. The highest BCUT2D eigenvalue weighted by atomic mass is 32.1. The van der Waals surface area contributed by atoms with E-state index < -0.39 is 4.92 Å². The topological polar surface area (TPSA) is 72.8 Å². The van der Waals surface area contributed by atoms with E-state index in [0.717, 1.165) is 15.0 Å². The Labute approximate surface area is 141 Å². The molecule has 0 aliphatic heterocycles. The van der Waals surface area contributed by atoms with Crippen LogP contribution in [0.1, 0.15) is 5.56 Å². The minimum absolute atomic E-state index is 0.0648. The quantitative estimate of drug-likeness (QED) is 0.413. The largest absolute Gasteiger partial charge is 0.318 e. The van der Waals surface area contributed by atoms with E-state index in [1.807, 2.05) is 35.9 Å². The van der Waals surface area contributed by atoms with Crippen LogP contribution in [0.5, 0.6) is 0 Å². The van der Waals surface area contributed by atoms with E-state index in [4.69, 9.17) is 0 Å². The first-order valence-electron chi connectivity index (χ1n) is 7.18. The van der Waals surface area contributed by atoms with Crippen molar-refractivity contribution in [1.82, 2.24) is 4.57 Å². The monoisotopic (exact) mass is 338 g/mol. The Hall–Kier alpha value is -3.06. The number of allylic oxidation sites excluding steroid dienone is 1. The summed E-state index contributed by atoms with van der Waals surface area (Å²) < 4.78 is 3.12. The highest BCUT2D eigenvalue weighted by molar-refractivity contribution is 7.16. The van der Waals surface area contributed by atoms with Crippen LogP contribution in [0.4, 0.5) is 5.69 Å². The van der Waals surface area contributed by atoms with Gasteiger partial charge in [0, 0.05) is 19.3 Å². The number of thiazole rings is 1. The van der Waals surface area contributed by atoms with Gasteiger partial charge in [-0.3, -0.25) is 10.1 Å². The van der Waals surface area contributed by atoms with E-state index in [1.54, 1.807) is 41.7 Å². The molecule has 6 nitrogen and oxygen atoms in total. The molecule has 2 aromatic carbocycles. The number of aryl methyl sites for hydroxylation is 1. The second-order valence-corrected chi connectivity index (χ2v) is 5.96. The first kappa shape index (κ1) is 15.8. The number of hydrogen-bond donors (Lipinski definition) is 0. The standard InChI is InChI=1S/C17H14N4O2S/c1-20-15-10-4-5-11-16(15)24-17(20)19-18-12-6-8-13-7-2-3-9-14(13)21(22)23/h2-12H,1H3/b8-6+,18-12+,19-17-. The van der Waals surface area contributed by atoms with Gasteiger partial charge in [0.05, 0.1) is 20.7 Å². The molecule has 0 bridgehead atoms. The third kappa shape index (κ3) is 3.31. The molecule has 3 aromatic rings. The summed E-state index contributed by atoms with van der Waals surface area (Å²) in [5.41, 5.74) is 1.70. The van der Waals surface area contributed by atoms with Crippen LogP contribution in [0, 0.1) is 10.1 Å². The van der Waals surface area contributed by atoms with Crippen LogP contribution in [-0.2, 0) is 7.05 Å². The molecule has 0 unspecified atom stereocenters. The van der Waals surface area contributed by atoms with Crippen molar-refractivity contribution in [1.29, 1.82) is 0 Å². The first-order valence-corrected chi connectivity index (χ1v) is 8.00. The van der Waals surface area contributed by atoms with Gasteiger partial charge in [-0.25, -0.2) is 0 Å². The van der Waals surface area contributed by atoms with Crippen LogP contribution in [0.25, 0.3) is 16.3 Å². The smallest absolute Gasteiger partial charge is 0.276 e. The minimum atomic E-state index is -0.404. The molecule has 0 aliphatic rings. The summed E-state index contributed by atoms with van der Waals surface area (Å²) in [6, 6.07) is 14.6. The Kier molecular flexibility index (Phi) is 4.62. The average molecular weight is 338 g/mol. The van der Waals surface area contributed by atoms with Crippen LogP contribution in [0.3, 0.4) is 0 Å². The van der Waals surface area contributed by atoms with E-state index in [-0.39, 0.29) is 5.69 Å². The summed E-state index contributed by atoms with van der Waals surface area (Å²) in [6.45, 7) is 0. The van der Waals surface area contributed by atoms with Gasteiger partial charge in [0.2, 0.25) is 4.80 Å². The number of nitro groups is 1. The molecule has 0 amide bonds. The number of nitrogens with zero attached hydrogens (tertiary/aromatic N) is 4. The zero-order valence-electron chi connectivity index (χ0n) is 12.9. The highest BCUT2D eigenvalue weighted by Gasteiger charge is 2.08. The Morgan fingerprint density at radius 3 is 2.71 bits per heavy atom. The fraction of sp³-hybridized carbons (Fsp3) is 0.0588.